The van der Waals surface area contributed by atoms with Crippen molar-refractivity contribution in [1.29, 1.82) is 0 Å². The van der Waals surface area contributed by atoms with Gasteiger partial charge in [-0.1, -0.05) is 12.1 Å². The number of esters is 1. The second-order valence-corrected chi connectivity index (χ2v) is 5.57. The van der Waals surface area contributed by atoms with Crippen LogP contribution in [0.5, 0.6) is 5.75 Å². The number of methoxy groups -OCH3 is 1. The van der Waals surface area contributed by atoms with Gasteiger partial charge in [0.05, 0.1) is 12.7 Å². The molecular weight excluding hydrogens is 292 g/mol. The zero-order valence-electron chi connectivity index (χ0n) is 13.0. The van der Waals surface area contributed by atoms with Gasteiger partial charge in [0.15, 0.2) is 5.78 Å². The Hall–Kier alpha value is -2.62. The van der Waals surface area contributed by atoms with Crippen LogP contribution < -0.4 is 4.74 Å². The van der Waals surface area contributed by atoms with E-state index in [9.17, 15) is 9.59 Å². The van der Waals surface area contributed by atoms with Gasteiger partial charge >= 0.3 is 5.97 Å². The molecule has 0 aromatic heterocycles. The molecule has 0 saturated heterocycles. The number of ketones is 1. The molecule has 3 rings (SSSR count). The summed E-state index contributed by atoms with van der Waals surface area (Å²) in [5.41, 5.74) is 3.38. The Morgan fingerprint density at radius 3 is 2.61 bits per heavy atom. The minimum atomic E-state index is -0.350. The summed E-state index contributed by atoms with van der Waals surface area (Å²) in [7, 11) is 1.36. The summed E-state index contributed by atoms with van der Waals surface area (Å²) in [6.45, 7) is 0.411. The molecule has 4 heteroatoms. The van der Waals surface area contributed by atoms with Gasteiger partial charge in [0.1, 0.15) is 12.4 Å². The number of aryl methyl sites for hydroxylation is 1. The van der Waals surface area contributed by atoms with Gasteiger partial charge in [-0.3, -0.25) is 4.79 Å². The number of carbonyl (C=O) groups excluding carboxylic acids is 2. The van der Waals surface area contributed by atoms with Crippen LogP contribution in [0, 0.1) is 0 Å². The molecule has 0 fully saturated rings. The number of carbonyl (C=O) groups is 2. The molecule has 1 aliphatic carbocycles. The summed E-state index contributed by atoms with van der Waals surface area (Å²) < 4.78 is 10.5. The number of benzene rings is 2. The Balaban J connectivity index is 1.66. The van der Waals surface area contributed by atoms with E-state index in [0.717, 1.165) is 35.3 Å². The maximum absolute atomic E-state index is 11.8. The maximum atomic E-state index is 11.8. The maximum Gasteiger partial charge on any atom is 0.337 e. The first-order valence-electron chi connectivity index (χ1n) is 7.63. The zero-order chi connectivity index (χ0) is 16.2. The highest BCUT2D eigenvalue weighted by molar-refractivity contribution is 5.98. The number of rotatable bonds is 4. The average molecular weight is 310 g/mol. The van der Waals surface area contributed by atoms with Crippen molar-refractivity contribution in [2.45, 2.75) is 25.9 Å². The molecule has 2 aromatic rings. The van der Waals surface area contributed by atoms with E-state index in [2.05, 4.69) is 4.74 Å². The largest absolute Gasteiger partial charge is 0.489 e. The Kier molecular flexibility index (Phi) is 4.42. The molecular formula is C19H18O4. The topological polar surface area (TPSA) is 52.6 Å². The Morgan fingerprint density at radius 2 is 1.87 bits per heavy atom. The lowest BCUT2D eigenvalue weighted by Gasteiger charge is -2.16. The van der Waals surface area contributed by atoms with Gasteiger partial charge in [-0.05, 0) is 54.3 Å². The van der Waals surface area contributed by atoms with E-state index >= 15 is 0 Å². The van der Waals surface area contributed by atoms with E-state index in [1.165, 1.54) is 7.11 Å². The van der Waals surface area contributed by atoms with Crippen LogP contribution in [0.15, 0.2) is 42.5 Å². The van der Waals surface area contributed by atoms with Gasteiger partial charge in [0.2, 0.25) is 0 Å². The van der Waals surface area contributed by atoms with Crippen LogP contribution >= 0.6 is 0 Å². The minimum absolute atomic E-state index is 0.219. The molecule has 0 atom stereocenters. The summed E-state index contributed by atoms with van der Waals surface area (Å²) in [5, 5.41) is 0. The van der Waals surface area contributed by atoms with Crippen molar-refractivity contribution >= 4 is 11.8 Å². The number of fused-ring (bicyclic) bond motifs is 1. The van der Waals surface area contributed by atoms with Gasteiger partial charge in [-0.2, -0.15) is 0 Å². The van der Waals surface area contributed by atoms with Crippen LogP contribution in [0.2, 0.25) is 0 Å². The highest BCUT2D eigenvalue weighted by Crippen LogP contribution is 2.25. The number of Topliss-reactive ketones (excluding diaryl/α,β-unsaturated/α-hetero) is 1. The first-order valence-corrected chi connectivity index (χ1v) is 7.63. The lowest BCUT2D eigenvalue weighted by atomic mass is 9.90. The third-order valence-electron chi connectivity index (χ3n) is 4.01. The molecule has 0 N–H and O–H groups in total. The van der Waals surface area contributed by atoms with Crippen LogP contribution in [0.1, 0.15) is 44.7 Å². The second-order valence-electron chi connectivity index (χ2n) is 5.57. The fourth-order valence-electron chi connectivity index (χ4n) is 2.73. The van der Waals surface area contributed by atoms with Crippen LogP contribution in [-0.4, -0.2) is 18.9 Å². The Morgan fingerprint density at radius 1 is 1.09 bits per heavy atom. The molecule has 0 radical (unpaired) electrons. The Labute approximate surface area is 135 Å². The molecule has 0 amide bonds. The SMILES string of the molecule is COC(=O)c1ccc(COc2ccc3c(c2)CCCC3=O)cc1. The van der Waals surface area contributed by atoms with Crippen LogP contribution in [0.3, 0.4) is 0 Å². The summed E-state index contributed by atoms with van der Waals surface area (Å²) in [6, 6.07) is 12.8. The van der Waals surface area contributed by atoms with Crippen molar-refractivity contribution in [3.05, 3.63) is 64.7 Å². The van der Waals surface area contributed by atoms with Crippen molar-refractivity contribution in [2.24, 2.45) is 0 Å². The van der Waals surface area contributed by atoms with Crippen molar-refractivity contribution in [1.82, 2.24) is 0 Å². The molecule has 0 heterocycles. The van der Waals surface area contributed by atoms with E-state index < -0.39 is 0 Å². The molecule has 1 aliphatic rings. The van der Waals surface area contributed by atoms with Gasteiger partial charge in [0, 0.05) is 12.0 Å². The summed E-state index contributed by atoms with van der Waals surface area (Å²) in [6.07, 6.45) is 2.47. The summed E-state index contributed by atoms with van der Waals surface area (Å²) >= 11 is 0. The number of hydrogen-bond donors (Lipinski definition) is 0. The van der Waals surface area contributed by atoms with Gasteiger partial charge in [-0.15, -0.1) is 0 Å². The predicted octanol–water partition coefficient (Wildman–Crippen LogP) is 3.57. The standard InChI is InChI=1S/C19H18O4/c1-22-19(21)14-7-5-13(6-8-14)12-23-16-9-10-17-15(11-16)3-2-4-18(17)20/h5-11H,2-4,12H2,1H3. The number of ether oxygens (including phenoxy) is 2. The molecule has 2 aromatic carbocycles. The lowest BCUT2D eigenvalue weighted by Crippen LogP contribution is -2.10. The molecule has 0 unspecified atom stereocenters. The molecule has 118 valence electrons. The highest BCUT2D eigenvalue weighted by Gasteiger charge is 2.17. The Bertz CT molecular complexity index is 732. The quantitative estimate of drug-likeness (QED) is 0.810. The smallest absolute Gasteiger partial charge is 0.337 e. The normalized spacial score (nSPS) is 13.3. The molecule has 0 bridgehead atoms. The summed E-state index contributed by atoms with van der Waals surface area (Å²) in [5.74, 6) is 0.628. The average Bonchev–Trinajstić information content (AvgIpc) is 2.60. The van der Waals surface area contributed by atoms with E-state index in [0.29, 0.717) is 18.6 Å². The van der Waals surface area contributed by atoms with Gasteiger partial charge in [0.25, 0.3) is 0 Å². The predicted molar refractivity (Wildman–Crippen MR) is 85.8 cm³/mol. The van der Waals surface area contributed by atoms with Crippen molar-refractivity contribution < 1.29 is 19.1 Å². The fourth-order valence-corrected chi connectivity index (χ4v) is 2.73. The molecule has 0 saturated carbocycles. The van der Waals surface area contributed by atoms with Crippen LogP contribution in [-0.2, 0) is 17.8 Å². The van der Waals surface area contributed by atoms with E-state index in [1.54, 1.807) is 12.1 Å². The van der Waals surface area contributed by atoms with Gasteiger partial charge < -0.3 is 9.47 Å². The van der Waals surface area contributed by atoms with Crippen molar-refractivity contribution in [3.8, 4) is 5.75 Å². The lowest BCUT2D eigenvalue weighted by molar-refractivity contribution is 0.0600. The third kappa shape index (κ3) is 3.42. The molecule has 0 aliphatic heterocycles. The van der Waals surface area contributed by atoms with Crippen LogP contribution in [0.25, 0.3) is 0 Å². The fraction of sp³-hybridized carbons (Fsp3) is 0.263. The second kappa shape index (κ2) is 6.65. The van der Waals surface area contributed by atoms with Crippen molar-refractivity contribution in [3.63, 3.8) is 0 Å². The first kappa shape index (κ1) is 15.3. The highest BCUT2D eigenvalue weighted by atomic mass is 16.5. The van der Waals surface area contributed by atoms with E-state index in [-0.39, 0.29) is 11.8 Å². The monoisotopic (exact) mass is 310 g/mol. The van der Waals surface area contributed by atoms with E-state index in [4.69, 9.17) is 4.74 Å². The molecule has 0 spiro atoms. The van der Waals surface area contributed by atoms with Crippen LogP contribution in [0.4, 0.5) is 0 Å². The van der Waals surface area contributed by atoms with Crippen molar-refractivity contribution in [2.75, 3.05) is 7.11 Å². The zero-order valence-corrected chi connectivity index (χ0v) is 13.0. The van der Waals surface area contributed by atoms with Gasteiger partial charge in [-0.25, -0.2) is 4.79 Å². The minimum Gasteiger partial charge on any atom is -0.489 e. The summed E-state index contributed by atoms with van der Waals surface area (Å²) in [4.78, 5) is 23.2. The van der Waals surface area contributed by atoms with E-state index in [1.807, 2.05) is 30.3 Å². The molecule has 23 heavy (non-hydrogen) atoms. The third-order valence-corrected chi connectivity index (χ3v) is 4.01. The first-order chi connectivity index (χ1) is 11.2. The molecule has 4 nitrogen and oxygen atoms in total. The number of hydrogen-bond acceptors (Lipinski definition) is 4.